The number of ether oxygens (including phenoxy) is 1. The van der Waals surface area contributed by atoms with Crippen molar-refractivity contribution >= 4 is 5.69 Å². The zero-order valence-electron chi connectivity index (χ0n) is 14.4. The minimum Gasteiger partial charge on any atom is -0.380 e. The number of rotatable bonds is 5. The third-order valence-corrected chi connectivity index (χ3v) is 5.43. The van der Waals surface area contributed by atoms with Crippen LogP contribution >= 0.6 is 0 Å². The first-order valence-corrected chi connectivity index (χ1v) is 8.90. The van der Waals surface area contributed by atoms with Crippen LogP contribution in [0.3, 0.4) is 0 Å². The zero-order valence-corrected chi connectivity index (χ0v) is 14.4. The molecule has 1 aliphatic carbocycles. The maximum atomic E-state index is 11.2. The molecule has 1 saturated heterocycles. The molecule has 1 aliphatic heterocycles. The predicted octanol–water partition coefficient (Wildman–Crippen LogP) is 2.67. The van der Waals surface area contributed by atoms with Crippen LogP contribution < -0.4 is 0 Å². The number of nitro groups is 1. The van der Waals surface area contributed by atoms with E-state index in [0.29, 0.717) is 18.7 Å². The molecule has 1 aromatic rings. The third-order valence-electron chi connectivity index (χ3n) is 5.43. The second-order valence-electron chi connectivity index (χ2n) is 6.82. The second kappa shape index (κ2) is 8.05. The lowest BCUT2D eigenvalue weighted by atomic mass is 9.90. The van der Waals surface area contributed by atoms with Crippen LogP contribution in [0.15, 0.2) is 24.3 Å². The molecule has 6 heteroatoms. The summed E-state index contributed by atoms with van der Waals surface area (Å²) in [5, 5.41) is 11.2. The summed E-state index contributed by atoms with van der Waals surface area (Å²) in [4.78, 5) is 15.8. The minimum absolute atomic E-state index is 0.228. The van der Waals surface area contributed by atoms with Crippen LogP contribution in [0.4, 0.5) is 5.69 Å². The lowest BCUT2D eigenvalue weighted by Crippen LogP contribution is -2.54. The van der Waals surface area contributed by atoms with Gasteiger partial charge in [-0.1, -0.05) is 31.0 Å². The Morgan fingerprint density at radius 2 is 1.88 bits per heavy atom. The number of hydrogen-bond acceptors (Lipinski definition) is 5. The smallest absolute Gasteiger partial charge is 0.273 e. The number of nitro benzene ring substituents is 1. The summed E-state index contributed by atoms with van der Waals surface area (Å²) >= 11 is 0. The molecule has 2 atom stereocenters. The van der Waals surface area contributed by atoms with Crippen molar-refractivity contribution in [3.8, 4) is 0 Å². The van der Waals surface area contributed by atoms with Gasteiger partial charge < -0.3 is 4.74 Å². The molecule has 2 fully saturated rings. The van der Waals surface area contributed by atoms with Crippen LogP contribution in [0.5, 0.6) is 0 Å². The number of methoxy groups -OCH3 is 1. The monoisotopic (exact) mass is 333 g/mol. The van der Waals surface area contributed by atoms with Gasteiger partial charge in [0.05, 0.1) is 11.0 Å². The van der Waals surface area contributed by atoms with Gasteiger partial charge in [-0.2, -0.15) is 0 Å². The summed E-state index contributed by atoms with van der Waals surface area (Å²) in [6.45, 7) is 4.61. The van der Waals surface area contributed by atoms with Crippen molar-refractivity contribution in [2.45, 2.75) is 44.4 Å². The Kier molecular flexibility index (Phi) is 5.81. The van der Waals surface area contributed by atoms with Crippen LogP contribution in [0, 0.1) is 10.1 Å². The predicted molar refractivity (Wildman–Crippen MR) is 93.0 cm³/mol. The van der Waals surface area contributed by atoms with E-state index in [4.69, 9.17) is 4.74 Å². The minimum atomic E-state index is -0.281. The van der Waals surface area contributed by atoms with Crippen molar-refractivity contribution in [1.29, 1.82) is 0 Å². The van der Waals surface area contributed by atoms with Crippen molar-refractivity contribution in [3.63, 3.8) is 0 Å². The standard InChI is InChI=1S/C18H27N3O3/c1-24-18-9-5-4-8-17(18)20-12-10-19(11-13-20)14-15-6-2-3-7-16(15)21(22)23/h2-3,6-7,17-18H,4-5,8-14H2,1H3. The van der Waals surface area contributed by atoms with Gasteiger partial charge in [-0.05, 0) is 12.8 Å². The molecule has 0 N–H and O–H groups in total. The Balaban J connectivity index is 1.57. The summed E-state index contributed by atoms with van der Waals surface area (Å²) in [5.41, 5.74) is 1.04. The largest absolute Gasteiger partial charge is 0.380 e. The highest BCUT2D eigenvalue weighted by Gasteiger charge is 2.32. The molecule has 2 unspecified atom stereocenters. The number of hydrogen-bond donors (Lipinski definition) is 0. The van der Waals surface area contributed by atoms with Crippen LogP contribution in [-0.4, -0.2) is 60.2 Å². The van der Waals surface area contributed by atoms with Gasteiger partial charge in [-0.15, -0.1) is 0 Å². The quantitative estimate of drug-likeness (QED) is 0.612. The molecule has 1 aromatic carbocycles. The highest BCUT2D eigenvalue weighted by Crippen LogP contribution is 2.27. The van der Waals surface area contributed by atoms with Crippen molar-refractivity contribution in [1.82, 2.24) is 9.80 Å². The van der Waals surface area contributed by atoms with E-state index in [1.165, 1.54) is 19.3 Å². The van der Waals surface area contributed by atoms with E-state index in [9.17, 15) is 10.1 Å². The Morgan fingerprint density at radius 1 is 1.17 bits per heavy atom. The average Bonchev–Trinajstić information content (AvgIpc) is 2.62. The molecule has 24 heavy (non-hydrogen) atoms. The van der Waals surface area contributed by atoms with Crippen molar-refractivity contribution < 1.29 is 9.66 Å². The van der Waals surface area contributed by atoms with Crippen LogP contribution in [0.2, 0.25) is 0 Å². The molecule has 0 amide bonds. The van der Waals surface area contributed by atoms with Gasteiger partial charge in [0.15, 0.2) is 0 Å². The number of nitrogens with zero attached hydrogens (tertiary/aromatic N) is 3. The lowest BCUT2D eigenvalue weighted by molar-refractivity contribution is -0.385. The molecule has 0 aromatic heterocycles. The average molecular weight is 333 g/mol. The summed E-state index contributed by atoms with van der Waals surface area (Å²) < 4.78 is 5.69. The van der Waals surface area contributed by atoms with Gasteiger partial charge in [0.2, 0.25) is 0 Å². The topological polar surface area (TPSA) is 58.8 Å². The van der Waals surface area contributed by atoms with Gasteiger partial charge in [-0.25, -0.2) is 0 Å². The van der Waals surface area contributed by atoms with Crippen LogP contribution in [0.1, 0.15) is 31.2 Å². The molecule has 6 nitrogen and oxygen atoms in total. The molecule has 0 spiro atoms. The summed E-state index contributed by atoms with van der Waals surface area (Å²) in [7, 11) is 1.83. The van der Waals surface area contributed by atoms with Crippen LogP contribution in [0.25, 0.3) is 0 Å². The summed E-state index contributed by atoms with van der Waals surface area (Å²) in [5.74, 6) is 0. The highest BCUT2D eigenvalue weighted by atomic mass is 16.6. The van der Waals surface area contributed by atoms with E-state index >= 15 is 0 Å². The Labute approximate surface area is 143 Å². The molecule has 1 heterocycles. The summed E-state index contributed by atoms with van der Waals surface area (Å²) in [6.07, 6.45) is 5.31. The fraction of sp³-hybridized carbons (Fsp3) is 0.667. The van der Waals surface area contributed by atoms with Gasteiger partial charge in [0.25, 0.3) is 5.69 Å². The van der Waals surface area contributed by atoms with E-state index in [2.05, 4.69) is 9.80 Å². The Hall–Kier alpha value is -1.50. The molecule has 1 saturated carbocycles. The second-order valence-corrected chi connectivity index (χ2v) is 6.82. The van der Waals surface area contributed by atoms with Crippen molar-refractivity contribution in [2.24, 2.45) is 0 Å². The maximum absolute atomic E-state index is 11.2. The lowest BCUT2D eigenvalue weighted by Gasteiger charge is -2.43. The fourth-order valence-corrected chi connectivity index (χ4v) is 4.09. The van der Waals surface area contributed by atoms with Crippen molar-refractivity contribution in [2.75, 3.05) is 33.3 Å². The van der Waals surface area contributed by atoms with Gasteiger partial charge in [0, 0.05) is 57.5 Å². The Morgan fingerprint density at radius 3 is 2.58 bits per heavy atom. The first-order valence-electron chi connectivity index (χ1n) is 8.90. The van der Waals surface area contributed by atoms with Crippen molar-refractivity contribution in [3.05, 3.63) is 39.9 Å². The SMILES string of the molecule is COC1CCCCC1N1CCN(Cc2ccccc2[N+](=O)[O-])CC1. The highest BCUT2D eigenvalue weighted by molar-refractivity contribution is 5.39. The molecule has 132 valence electrons. The van der Waals surface area contributed by atoms with E-state index < -0.39 is 0 Å². The molecule has 0 radical (unpaired) electrons. The van der Waals surface area contributed by atoms with Crippen LogP contribution in [-0.2, 0) is 11.3 Å². The first-order chi connectivity index (χ1) is 11.7. The normalized spacial score (nSPS) is 26.4. The molecular weight excluding hydrogens is 306 g/mol. The summed E-state index contributed by atoms with van der Waals surface area (Å²) in [6, 6.07) is 7.61. The van der Waals surface area contributed by atoms with E-state index in [0.717, 1.165) is 38.2 Å². The van der Waals surface area contributed by atoms with Gasteiger partial charge in [0.1, 0.15) is 0 Å². The van der Waals surface area contributed by atoms with Gasteiger partial charge >= 0.3 is 0 Å². The molecular formula is C18H27N3O3. The Bertz CT molecular complexity index is 558. The third kappa shape index (κ3) is 3.94. The zero-order chi connectivity index (χ0) is 16.9. The molecule has 3 rings (SSSR count). The molecule has 0 bridgehead atoms. The van der Waals surface area contributed by atoms with E-state index in [-0.39, 0.29) is 10.6 Å². The van der Waals surface area contributed by atoms with Gasteiger partial charge in [-0.3, -0.25) is 19.9 Å². The van der Waals surface area contributed by atoms with E-state index in [1.54, 1.807) is 12.1 Å². The number of piperazine rings is 1. The maximum Gasteiger partial charge on any atom is 0.273 e. The molecule has 2 aliphatic rings. The fourth-order valence-electron chi connectivity index (χ4n) is 4.09. The number of benzene rings is 1. The number of para-hydroxylation sites is 1. The first kappa shape index (κ1) is 17.3. The van der Waals surface area contributed by atoms with E-state index in [1.807, 2.05) is 19.2 Å².